The maximum atomic E-state index is 13.4. The molecule has 4 aromatic rings. The van der Waals surface area contributed by atoms with E-state index in [0.717, 1.165) is 31.2 Å². The minimum Gasteiger partial charge on any atom is -0.352 e. The molecule has 1 amide bonds. The number of rotatable bonds is 5. The van der Waals surface area contributed by atoms with E-state index < -0.39 is 0 Å². The maximum absolute atomic E-state index is 13.4. The van der Waals surface area contributed by atoms with E-state index in [1.54, 1.807) is 22.8 Å². The molecule has 0 bridgehead atoms. The van der Waals surface area contributed by atoms with Crippen molar-refractivity contribution in [3.8, 4) is 22.8 Å². The smallest absolute Gasteiger partial charge is 0.292 e. The van der Waals surface area contributed by atoms with Gasteiger partial charge in [0.05, 0.1) is 0 Å². The second-order valence-electron chi connectivity index (χ2n) is 9.81. The molecular weight excluding hydrogens is 566 g/mol. The van der Waals surface area contributed by atoms with E-state index in [9.17, 15) is 9.18 Å². The maximum Gasteiger partial charge on any atom is 0.292 e. The van der Waals surface area contributed by atoms with Gasteiger partial charge < -0.3 is 15.2 Å². The predicted molar refractivity (Wildman–Crippen MR) is 151 cm³/mol. The number of carbonyl (C=O) groups is 1. The van der Waals surface area contributed by atoms with Gasteiger partial charge in [0.2, 0.25) is 17.4 Å². The fourth-order valence-electron chi connectivity index (χ4n) is 5.67. The molecule has 0 unspecified atom stereocenters. The second-order valence-corrected chi connectivity index (χ2v) is 10.2. The van der Waals surface area contributed by atoms with Crippen LogP contribution in [0.25, 0.3) is 22.8 Å². The molecule has 12 heteroatoms. The first-order chi connectivity index (χ1) is 18.0. The fraction of sp³-hybridized carbons (Fsp3) is 0.333. The number of fused-ring (bicyclic) bond motifs is 1. The van der Waals surface area contributed by atoms with Crippen molar-refractivity contribution < 1.29 is 13.7 Å². The van der Waals surface area contributed by atoms with Crippen LogP contribution < -0.4 is 5.73 Å². The fourth-order valence-corrected chi connectivity index (χ4v) is 5.86. The molecule has 0 spiro atoms. The van der Waals surface area contributed by atoms with Crippen molar-refractivity contribution in [1.82, 2.24) is 24.8 Å². The summed E-state index contributed by atoms with van der Waals surface area (Å²) in [4.78, 5) is 15.4. The number of halogens is 4. The third-order valence-corrected chi connectivity index (χ3v) is 8.05. The Morgan fingerprint density at radius 3 is 2.44 bits per heavy atom. The molecule has 0 radical (unpaired) electrons. The SMILES string of the molecule is Cl.Cl.NC[C@]1(c2cccc(Cl)c2)CC[C@@H](N2CCn3c(nnc3-c3cc(-c4ccc(F)cc4)no3)C2=O)CC1. The third-order valence-electron chi connectivity index (χ3n) is 7.82. The molecule has 8 nitrogen and oxygen atoms in total. The van der Waals surface area contributed by atoms with Gasteiger partial charge in [0, 0.05) is 47.7 Å². The Labute approximate surface area is 242 Å². The molecule has 1 fully saturated rings. The third kappa shape index (κ3) is 5.28. The van der Waals surface area contributed by atoms with Crippen molar-refractivity contribution in [2.75, 3.05) is 13.1 Å². The summed E-state index contributed by atoms with van der Waals surface area (Å²) in [6.45, 7) is 1.67. The summed E-state index contributed by atoms with van der Waals surface area (Å²) in [6, 6.07) is 15.8. The lowest BCUT2D eigenvalue weighted by atomic mass is 9.68. The lowest BCUT2D eigenvalue weighted by Gasteiger charge is -2.44. The molecule has 206 valence electrons. The average Bonchev–Trinajstić information content (AvgIpc) is 3.57. The molecule has 0 saturated heterocycles. The summed E-state index contributed by atoms with van der Waals surface area (Å²) in [5.74, 6) is 0.711. The van der Waals surface area contributed by atoms with E-state index >= 15 is 0 Å². The van der Waals surface area contributed by atoms with Gasteiger partial charge in [0.25, 0.3) is 5.91 Å². The highest BCUT2D eigenvalue weighted by Gasteiger charge is 2.41. The predicted octanol–water partition coefficient (Wildman–Crippen LogP) is 5.53. The standard InChI is InChI=1S/C27H26ClFN6O2.2ClH/c28-19-3-1-2-18(14-19)27(16-30)10-8-21(9-11-27)34-12-13-35-24(31-32-25(35)26(34)36)23-15-22(33-37-23)17-4-6-20(29)7-5-17;;/h1-7,14-15,21H,8-13,16,30H2;2*1H/t21-,27+;;. The first-order valence-corrected chi connectivity index (χ1v) is 12.8. The van der Waals surface area contributed by atoms with Crippen LogP contribution in [0.5, 0.6) is 0 Å². The van der Waals surface area contributed by atoms with Crippen LogP contribution in [-0.4, -0.2) is 49.9 Å². The van der Waals surface area contributed by atoms with Gasteiger partial charge in [0.1, 0.15) is 11.5 Å². The highest BCUT2D eigenvalue weighted by atomic mass is 35.5. The largest absolute Gasteiger partial charge is 0.352 e. The highest BCUT2D eigenvalue weighted by Crippen LogP contribution is 2.41. The summed E-state index contributed by atoms with van der Waals surface area (Å²) in [7, 11) is 0. The van der Waals surface area contributed by atoms with Crippen LogP contribution >= 0.6 is 36.4 Å². The Morgan fingerprint density at radius 1 is 1.03 bits per heavy atom. The molecular formula is C27H28Cl3FN6O2. The van der Waals surface area contributed by atoms with E-state index in [0.29, 0.717) is 47.8 Å². The molecule has 1 aliphatic heterocycles. The van der Waals surface area contributed by atoms with Crippen LogP contribution in [-0.2, 0) is 12.0 Å². The van der Waals surface area contributed by atoms with Crippen molar-refractivity contribution in [2.45, 2.75) is 43.7 Å². The van der Waals surface area contributed by atoms with Gasteiger partial charge in [-0.2, -0.15) is 0 Å². The molecule has 6 rings (SSSR count). The van der Waals surface area contributed by atoms with Gasteiger partial charge >= 0.3 is 0 Å². The zero-order valence-corrected chi connectivity index (χ0v) is 23.3. The number of hydrogen-bond donors (Lipinski definition) is 1. The van der Waals surface area contributed by atoms with Gasteiger partial charge in [-0.3, -0.25) is 9.36 Å². The Morgan fingerprint density at radius 2 is 1.74 bits per heavy atom. The average molecular weight is 594 g/mol. The minimum atomic E-state index is -0.321. The summed E-state index contributed by atoms with van der Waals surface area (Å²) < 4.78 is 20.6. The number of aromatic nitrogens is 4. The van der Waals surface area contributed by atoms with E-state index in [4.69, 9.17) is 21.9 Å². The molecule has 2 aromatic heterocycles. The molecule has 1 aliphatic carbocycles. The Bertz CT molecular complexity index is 1450. The molecule has 2 aromatic carbocycles. The minimum absolute atomic E-state index is 0. The van der Waals surface area contributed by atoms with Crippen LogP contribution in [0, 0.1) is 5.82 Å². The van der Waals surface area contributed by atoms with Gasteiger partial charge in [0.15, 0.2) is 0 Å². The molecule has 1 saturated carbocycles. The molecule has 0 atom stereocenters. The van der Waals surface area contributed by atoms with E-state index in [2.05, 4.69) is 21.4 Å². The van der Waals surface area contributed by atoms with Gasteiger partial charge in [-0.15, -0.1) is 35.0 Å². The van der Waals surface area contributed by atoms with Crippen molar-refractivity contribution in [3.63, 3.8) is 0 Å². The first kappa shape index (κ1) is 29.0. The van der Waals surface area contributed by atoms with Gasteiger partial charge in [-0.25, -0.2) is 4.39 Å². The summed E-state index contributed by atoms with van der Waals surface area (Å²) >= 11 is 6.25. The lowest BCUT2D eigenvalue weighted by Crippen LogP contribution is -2.50. The van der Waals surface area contributed by atoms with Crippen molar-refractivity contribution in [3.05, 3.63) is 76.8 Å². The Hall–Kier alpha value is -2.98. The highest BCUT2D eigenvalue weighted by molar-refractivity contribution is 6.30. The lowest BCUT2D eigenvalue weighted by molar-refractivity contribution is 0.0523. The zero-order chi connectivity index (χ0) is 25.6. The zero-order valence-electron chi connectivity index (χ0n) is 20.9. The normalized spacial score (nSPS) is 20.6. The quantitative estimate of drug-likeness (QED) is 0.326. The van der Waals surface area contributed by atoms with E-state index in [-0.39, 0.29) is 48.0 Å². The Balaban J connectivity index is 0.00000176. The van der Waals surface area contributed by atoms with Crippen LogP contribution in [0.4, 0.5) is 4.39 Å². The van der Waals surface area contributed by atoms with E-state index in [1.165, 1.54) is 17.7 Å². The van der Waals surface area contributed by atoms with Gasteiger partial charge in [-0.1, -0.05) is 28.9 Å². The van der Waals surface area contributed by atoms with Crippen LogP contribution in [0.15, 0.2) is 59.1 Å². The van der Waals surface area contributed by atoms with Crippen molar-refractivity contribution >= 4 is 42.3 Å². The van der Waals surface area contributed by atoms with Crippen LogP contribution in [0.2, 0.25) is 5.02 Å². The molecule has 2 N–H and O–H groups in total. The van der Waals surface area contributed by atoms with Gasteiger partial charge in [-0.05, 0) is 67.6 Å². The molecule has 2 aliphatic rings. The number of amides is 1. The number of nitrogens with two attached hydrogens (primary N) is 1. The number of nitrogens with zero attached hydrogens (tertiary/aromatic N) is 5. The first-order valence-electron chi connectivity index (χ1n) is 12.4. The number of hydrogen-bond acceptors (Lipinski definition) is 6. The van der Waals surface area contributed by atoms with Crippen molar-refractivity contribution in [2.24, 2.45) is 5.73 Å². The summed E-state index contributed by atoms with van der Waals surface area (Å²) in [5, 5.41) is 13.3. The Kier molecular flexibility index (Phi) is 8.66. The number of benzene rings is 2. The summed E-state index contributed by atoms with van der Waals surface area (Å²) in [5.41, 5.74) is 8.59. The molecule has 3 heterocycles. The topological polar surface area (TPSA) is 103 Å². The van der Waals surface area contributed by atoms with Crippen LogP contribution in [0.3, 0.4) is 0 Å². The monoisotopic (exact) mass is 592 g/mol. The van der Waals surface area contributed by atoms with Crippen molar-refractivity contribution in [1.29, 1.82) is 0 Å². The molecule has 39 heavy (non-hydrogen) atoms. The second kappa shape index (κ2) is 11.6. The number of carbonyl (C=O) groups excluding carboxylic acids is 1. The summed E-state index contributed by atoms with van der Waals surface area (Å²) in [6.07, 6.45) is 3.50. The van der Waals surface area contributed by atoms with E-state index in [1.807, 2.05) is 23.1 Å². The van der Waals surface area contributed by atoms with Crippen LogP contribution in [0.1, 0.15) is 41.9 Å².